The van der Waals surface area contributed by atoms with Crippen molar-refractivity contribution in [1.82, 2.24) is 20.4 Å². The monoisotopic (exact) mass is 527 g/mol. The maximum absolute atomic E-state index is 11.8. The third-order valence-corrected chi connectivity index (χ3v) is 3.96. The van der Waals surface area contributed by atoms with E-state index in [1.165, 1.54) is 4.90 Å². The van der Waals surface area contributed by atoms with E-state index in [2.05, 4.69) is 20.5 Å². The van der Waals surface area contributed by atoms with Crippen LogP contribution >= 0.6 is 24.0 Å². The van der Waals surface area contributed by atoms with Gasteiger partial charge in [0.15, 0.2) is 5.96 Å². The van der Waals surface area contributed by atoms with E-state index < -0.39 is 5.60 Å². The van der Waals surface area contributed by atoms with Crippen LogP contribution in [0.15, 0.2) is 4.99 Å². The molecule has 0 radical (unpaired) electrons. The van der Waals surface area contributed by atoms with E-state index in [1.807, 2.05) is 20.8 Å². The number of carbonyl (C=O) groups excluding carboxylic acids is 2. The van der Waals surface area contributed by atoms with Gasteiger partial charge in [0, 0.05) is 40.3 Å². The second kappa shape index (κ2) is 14.8. The van der Waals surface area contributed by atoms with Crippen molar-refractivity contribution in [2.24, 2.45) is 4.99 Å². The number of halogens is 1. The van der Waals surface area contributed by atoms with Gasteiger partial charge in [-0.1, -0.05) is 0 Å². The molecule has 1 fully saturated rings. The van der Waals surface area contributed by atoms with Gasteiger partial charge in [-0.15, -0.1) is 24.0 Å². The van der Waals surface area contributed by atoms with Crippen LogP contribution in [0.2, 0.25) is 0 Å². The molecule has 1 amide bonds. The number of hydrogen-bond donors (Lipinski definition) is 2. The average Bonchev–Trinajstić information content (AvgIpc) is 2.61. The molecule has 1 aliphatic heterocycles. The molecule has 10 heteroatoms. The highest BCUT2D eigenvalue weighted by Gasteiger charge is 2.16. The van der Waals surface area contributed by atoms with Crippen LogP contribution < -0.4 is 10.6 Å². The highest BCUT2D eigenvalue weighted by Crippen LogP contribution is 2.07. The van der Waals surface area contributed by atoms with Crippen molar-refractivity contribution in [3.63, 3.8) is 0 Å². The SMILES string of the molecule is CN(C)C(=O)CN=C(NCCCN1CCOCC1)NCCC(=O)OC(C)(C)C.I. The fourth-order valence-electron chi connectivity index (χ4n) is 2.47. The highest BCUT2D eigenvalue weighted by molar-refractivity contribution is 14.0. The lowest BCUT2D eigenvalue weighted by molar-refractivity contribution is -0.154. The topological polar surface area (TPSA) is 95.5 Å². The number of aliphatic imine (C=N–C) groups is 1. The number of hydrogen-bond acceptors (Lipinski definition) is 6. The molecule has 0 atom stereocenters. The molecule has 170 valence electrons. The zero-order valence-electron chi connectivity index (χ0n) is 18.5. The summed E-state index contributed by atoms with van der Waals surface area (Å²) in [5.74, 6) is 0.179. The van der Waals surface area contributed by atoms with Gasteiger partial charge in [-0.05, 0) is 33.7 Å². The number of morpholine rings is 1. The Morgan fingerprint density at radius 1 is 1.14 bits per heavy atom. The first-order valence-electron chi connectivity index (χ1n) is 9.91. The zero-order valence-corrected chi connectivity index (χ0v) is 20.8. The van der Waals surface area contributed by atoms with Crippen LogP contribution in [-0.2, 0) is 19.1 Å². The molecule has 0 saturated carbocycles. The number of nitrogens with one attached hydrogen (secondary N) is 2. The normalized spacial score (nSPS) is 15.3. The van der Waals surface area contributed by atoms with Crippen LogP contribution in [0.1, 0.15) is 33.6 Å². The molecule has 9 nitrogen and oxygen atoms in total. The molecule has 2 N–H and O–H groups in total. The Kier molecular flexibility index (Phi) is 14.2. The Morgan fingerprint density at radius 2 is 1.76 bits per heavy atom. The van der Waals surface area contributed by atoms with Gasteiger partial charge in [0.25, 0.3) is 0 Å². The fraction of sp³-hybridized carbons (Fsp3) is 0.842. The molecule has 1 aliphatic rings. The first-order valence-corrected chi connectivity index (χ1v) is 9.91. The quantitative estimate of drug-likeness (QED) is 0.150. The van der Waals surface area contributed by atoms with Crippen molar-refractivity contribution in [2.45, 2.75) is 39.2 Å². The number of rotatable bonds is 9. The van der Waals surface area contributed by atoms with E-state index in [-0.39, 0.29) is 48.8 Å². The van der Waals surface area contributed by atoms with Crippen LogP contribution in [0.5, 0.6) is 0 Å². The van der Waals surface area contributed by atoms with Crippen LogP contribution in [0, 0.1) is 0 Å². The Labute approximate surface area is 192 Å². The van der Waals surface area contributed by atoms with Crippen molar-refractivity contribution in [3.05, 3.63) is 0 Å². The van der Waals surface area contributed by atoms with Gasteiger partial charge in [-0.25, -0.2) is 4.99 Å². The number of likely N-dealkylation sites (N-methyl/N-ethyl adjacent to an activating group) is 1. The van der Waals surface area contributed by atoms with Crippen molar-refractivity contribution in [3.8, 4) is 0 Å². The summed E-state index contributed by atoms with van der Waals surface area (Å²) in [6.45, 7) is 11.2. The lowest BCUT2D eigenvalue weighted by atomic mass is 10.2. The molecule has 0 unspecified atom stereocenters. The second-order valence-electron chi connectivity index (χ2n) is 7.95. The minimum atomic E-state index is -0.496. The molecule has 0 bridgehead atoms. The summed E-state index contributed by atoms with van der Waals surface area (Å²) < 4.78 is 10.7. The van der Waals surface area contributed by atoms with E-state index in [9.17, 15) is 9.59 Å². The zero-order chi connectivity index (χ0) is 21.0. The smallest absolute Gasteiger partial charge is 0.308 e. The number of guanidine groups is 1. The first kappa shape index (κ1) is 27.9. The summed E-state index contributed by atoms with van der Waals surface area (Å²) in [5.41, 5.74) is -0.496. The van der Waals surface area contributed by atoms with Crippen LogP contribution in [0.4, 0.5) is 0 Å². The Balaban J connectivity index is 0.00000784. The van der Waals surface area contributed by atoms with Gasteiger partial charge in [0.2, 0.25) is 5.91 Å². The third-order valence-electron chi connectivity index (χ3n) is 3.96. The van der Waals surface area contributed by atoms with Crippen molar-refractivity contribution in [1.29, 1.82) is 0 Å². The van der Waals surface area contributed by atoms with Crippen LogP contribution in [0.3, 0.4) is 0 Å². The third kappa shape index (κ3) is 14.5. The van der Waals surface area contributed by atoms with Crippen LogP contribution in [0.25, 0.3) is 0 Å². The molecule has 29 heavy (non-hydrogen) atoms. The number of carbonyl (C=O) groups is 2. The van der Waals surface area contributed by atoms with Gasteiger partial charge in [-0.2, -0.15) is 0 Å². The average molecular weight is 527 g/mol. The highest BCUT2D eigenvalue weighted by atomic mass is 127. The van der Waals surface area contributed by atoms with Gasteiger partial charge < -0.3 is 25.0 Å². The molecular weight excluding hydrogens is 489 g/mol. The predicted molar refractivity (Wildman–Crippen MR) is 125 cm³/mol. The summed E-state index contributed by atoms with van der Waals surface area (Å²) >= 11 is 0. The number of amides is 1. The van der Waals surface area contributed by atoms with Crippen molar-refractivity contribution < 1.29 is 19.1 Å². The molecule has 0 aromatic rings. The lowest BCUT2D eigenvalue weighted by Gasteiger charge is -2.26. The molecule has 1 heterocycles. The van der Waals surface area contributed by atoms with E-state index >= 15 is 0 Å². The van der Waals surface area contributed by atoms with E-state index in [0.29, 0.717) is 12.5 Å². The molecule has 1 rings (SSSR count). The standard InChI is InChI=1S/C19H37N5O4.HI/c1-19(2,3)28-17(26)7-9-21-18(22-15-16(25)23(4)5)20-8-6-10-24-11-13-27-14-12-24;/h6-15H2,1-5H3,(H2,20,21,22);1H. The largest absolute Gasteiger partial charge is 0.460 e. The van der Waals surface area contributed by atoms with E-state index in [0.717, 1.165) is 45.8 Å². The fourth-order valence-corrected chi connectivity index (χ4v) is 2.47. The van der Waals surface area contributed by atoms with Crippen molar-refractivity contribution in [2.75, 3.05) is 66.6 Å². The first-order chi connectivity index (χ1) is 13.2. The molecule has 0 aromatic carbocycles. The molecule has 0 spiro atoms. The number of esters is 1. The number of nitrogens with zero attached hydrogens (tertiary/aromatic N) is 3. The van der Waals surface area contributed by atoms with E-state index in [4.69, 9.17) is 9.47 Å². The summed E-state index contributed by atoms with van der Waals surface area (Å²) in [5, 5.41) is 6.34. The van der Waals surface area contributed by atoms with E-state index in [1.54, 1.807) is 14.1 Å². The second-order valence-corrected chi connectivity index (χ2v) is 7.95. The molecular formula is C19H38IN5O4. The van der Waals surface area contributed by atoms with Crippen LogP contribution in [-0.4, -0.2) is 99.8 Å². The van der Waals surface area contributed by atoms with Crippen molar-refractivity contribution >= 4 is 41.8 Å². The Hall–Kier alpha value is -1.14. The summed E-state index contributed by atoms with van der Waals surface area (Å²) in [4.78, 5) is 31.8. The molecule has 0 aromatic heterocycles. The maximum Gasteiger partial charge on any atom is 0.308 e. The predicted octanol–water partition coefficient (Wildman–Crippen LogP) is 0.682. The van der Waals surface area contributed by atoms with Gasteiger partial charge in [0.05, 0.1) is 19.6 Å². The summed E-state index contributed by atoms with van der Waals surface area (Å²) in [7, 11) is 3.40. The maximum atomic E-state index is 11.8. The minimum absolute atomic E-state index is 0. The number of ether oxygens (including phenoxy) is 2. The van der Waals surface area contributed by atoms with Gasteiger partial charge in [0.1, 0.15) is 12.1 Å². The summed E-state index contributed by atoms with van der Waals surface area (Å²) in [6.07, 6.45) is 1.18. The Morgan fingerprint density at radius 3 is 2.34 bits per heavy atom. The summed E-state index contributed by atoms with van der Waals surface area (Å²) in [6, 6.07) is 0. The minimum Gasteiger partial charge on any atom is -0.460 e. The van der Waals surface area contributed by atoms with Gasteiger partial charge in [-0.3, -0.25) is 14.5 Å². The lowest BCUT2D eigenvalue weighted by Crippen LogP contribution is -2.42. The Bertz CT molecular complexity index is 517. The molecule has 0 aliphatic carbocycles. The van der Waals surface area contributed by atoms with Gasteiger partial charge >= 0.3 is 5.97 Å². The molecule has 1 saturated heterocycles.